The molecule has 0 aromatic carbocycles. The first-order valence-corrected chi connectivity index (χ1v) is 11.6. The minimum Gasteiger partial charge on any atom is -0.462 e. The molecule has 4 heteroatoms. The molecule has 0 aliphatic heterocycles. The maximum absolute atomic E-state index is 11.4. The number of rotatable bonds is 2. The highest BCUT2D eigenvalue weighted by atomic mass is 16.5. The predicted molar refractivity (Wildman–Crippen MR) is 120 cm³/mol. The number of ether oxygens (including phenoxy) is 1. The second-order valence-corrected chi connectivity index (χ2v) is 10.6. The van der Waals surface area contributed by atoms with E-state index in [9.17, 15) is 4.79 Å². The molecule has 2 fully saturated rings. The molecular formula is C26H32BNO2. The molecule has 0 bridgehead atoms. The third-order valence-corrected chi connectivity index (χ3v) is 9.04. The van der Waals surface area contributed by atoms with Crippen molar-refractivity contribution in [2.75, 3.05) is 0 Å². The van der Waals surface area contributed by atoms with Crippen molar-refractivity contribution >= 4 is 24.9 Å². The molecule has 6 atom stereocenters. The average molecular weight is 401 g/mol. The van der Waals surface area contributed by atoms with Crippen LogP contribution in [0.2, 0.25) is 0 Å². The number of pyridine rings is 1. The van der Waals surface area contributed by atoms with E-state index in [4.69, 9.17) is 12.6 Å². The molecule has 6 unspecified atom stereocenters. The largest absolute Gasteiger partial charge is 0.462 e. The van der Waals surface area contributed by atoms with Gasteiger partial charge in [0, 0.05) is 25.7 Å². The number of carbonyl (C=O) groups excluding carboxylic acids is 1. The topological polar surface area (TPSA) is 39.2 Å². The molecule has 3 nitrogen and oxygen atoms in total. The molecule has 0 amide bonds. The van der Waals surface area contributed by atoms with Gasteiger partial charge in [-0.2, -0.15) is 0 Å². The predicted octanol–water partition coefficient (Wildman–Crippen LogP) is 4.76. The summed E-state index contributed by atoms with van der Waals surface area (Å²) in [7, 11) is 6.05. The number of hydrogen-bond donors (Lipinski definition) is 0. The highest BCUT2D eigenvalue weighted by molar-refractivity contribution is 6.32. The third-order valence-electron chi connectivity index (χ3n) is 9.04. The van der Waals surface area contributed by atoms with E-state index in [1.807, 2.05) is 6.20 Å². The zero-order valence-electron chi connectivity index (χ0n) is 18.5. The first kappa shape index (κ1) is 20.1. The maximum Gasteiger partial charge on any atom is 0.302 e. The van der Waals surface area contributed by atoms with Crippen molar-refractivity contribution in [3.05, 3.63) is 41.7 Å². The summed E-state index contributed by atoms with van der Waals surface area (Å²) in [6.07, 6.45) is 16.7. The van der Waals surface area contributed by atoms with Gasteiger partial charge >= 0.3 is 5.97 Å². The Hall–Kier alpha value is -1.84. The summed E-state index contributed by atoms with van der Waals surface area (Å²) >= 11 is 0. The molecule has 1 heterocycles. The van der Waals surface area contributed by atoms with E-state index in [2.05, 4.69) is 37.0 Å². The van der Waals surface area contributed by atoms with E-state index in [-0.39, 0.29) is 22.9 Å². The molecule has 1 aromatic heterocycles. The Morgan fingerprint density at radius 3 is 2.67 bits per heavy atom. The normalized spacial score (nSPS) is 39.8. The van der Waals surface area contributed by atoms with Gasteiger partial charge in [0.25, 0.3) is 0 Å². The Labute approximate surface area is 181 Å². The summed E-state index contributed by atoms with van der Waals surface area (Å²) in [5.41, 5.74) is 5.45. The van der Waals surface area contributed by atoms with Crippen LogP contribution >= 0.6 is 0 Å². The van der Waals surface area contributed by atoms with Crippen LogP contribution in [0.25, 0.3) is 5.57 Å². The Morgan fingerprint density at radius 1 is 1.10 bits per heavy atom. The van der Waals surface area contributed by atoms with E-state index in [1.165, 1.54) is 37.3 Å². The van der Waals surface area contributed by atoms with Crippen LogP contribution in [0.5, 0.6) is 0 Å². The molecule has 0 saturated heterocycles. The lowest BCUT2D eigenvalue weighted by molar-refractivity contribution is -0.148. The van der Waals surface area contributed by atoms with Gasteiger partial charge in [0.15, 0.2) is 0 Å². The second kappa shape index (κ2) is 7.10. The van der Waals surface area contributed by atoms with Gasteiger partial charge in [-0.05, 0) is 78.2 Å². The van der Waals surface area contributed by atoms with Crippen molar-refractivity contribution in [2.24, 2.45) is 28.6 Å². The molecule has 0 N–H and O–H groups in total. The lowest BCUT2D eigenvalue weighted by Crippen LogP contribution is -2.50. The van der Waals surface area contributed by atoms with Crippen molar-refractivity contribution in [1.29, 1.82) is 0 Å². The number of nitrogens with zero attached hydrogens (tertiary/aromatic N) is 1. The standard InChI is InChI=1S/C26H32BNO2/c1-16(29)30-20-8-10-25(2)18(13-20)4-5-21-23-7-6-22(17-12-19(27)15-28-14-17)26(23,3)11-9-24(21)25/h4,6,12,14-15,20-21,23-24H,5,7-11,13H2,1-3H3. The van der Waals surface area contributed by atoms with E-state index in [0.29, 0.717) is 5.92 Å². The fourth-order valence-electron chi connectivity index (χ4n) is 7.58. The molecule has 4 aliphatic rings. The molecule has 30 heavy (non-hydrogen) atoms. The highest BCUT2D eigenvalue weighted by Crippen LogP contribution is 2.66. The monoisotopic (exact) mass is 401 g/mol. The number of esters is 1. The quantitative estimate of drug-likeness (QED) is 0.407. The summed E-state index contributed by atoms with van der Waals surface area (Å²) in [6, 6.07) is 2.09. The highest BCUT2D eigenvalue weighted by Gasteiger charge is 2.57. The van der Waals surface area contributed by atoms with Crippen molar-refractivity contribution < 1.29 is 9.53 Å². The summed E-state index contributed by atoms with van der Waals surface area (Å²) in [4.78, 5) is 15.8. The lowest BCUT2D eigenvalue weighted by atomic mass is 9.47. The van der Waals surface area contributed by atoms with Crippen LogP contribution < -0.4 is 5.46 Å². The molecule has 2 saturated carbocycles. The minimum atomic E-state index is -0.146. The zero-order chi connectivity index (χ0) is 21.1. The minimum absolute atomic E-state index is 0.0722. The van der Waals surface area contributed by atoms with Gasteiger partial charge < -0.3 is 4.74 Å². The number of fused-ring (bicyclic) bond motifs is 5. The number of allylic oxidation sites excluding steroid dienone is 3. The van der Waals surface area contributed by atoms with Gasteiger partial charge in [-0.15, -0.1) is 0 Å². The van der Waals surface area contributed by atoms with E-state index in [0.717, 1.165) is 43.0 Å². The third kappa shape index (κ3) is 3.01. The van der Waals surface area contributed by atoms with E-state index < -0.39 is 0 Å². The Balaban J connectivity index is 1.41. The van der Waals surface area contributed by atoms with Crippen molar-refractivity contribution in [1.82, 2.24) is 4.98 Å². The zero-order valence-corrected chi connectivity index (χ0v) is 18.5. The van der Waals surface area contributed by atoms with Crippen molar-refractivity contribution in [3.8, 4) is 0 Å². The fourth-order valence-corrected chi connectivity index (χ4v) is 7.58. The Bertz CT molecular complexity index is 937. The summed E-state index contributed by atoms with van der Waals surface area (Å²) in [5, 5.41) is 0. The first-order valence-electron chi connectivity index (χ1n) is 11.6. The lowest BCUT2D eigenvalue weighted by Gasteiger charge is -2.57. The maximum atomic E-state index is 11.4. The van der Waals surface area contributed by atoms with Crippen molar-refractivity contribution in [2.45, 2.75) is 71.8 Å². The molecule has 156 valence electrons. The second-order valence-electron chi connectivity index (χ2n) is 10.6. The van der Waals surface area contributed by atoms with Gasteiger partial charge in [0.1, 0.15) is 14.0 Å². The molecule has 4 aliphatic carbocycles. The SMILES string of the molecule is [B]c1cncc(C2=CCC3C4CC=C5CC(OC(C)=O)CCC5(C)C4CCC23C)c1. The Kier molecular flexibility index (Phi) is 4.76. The van der Waals surface area contributed by atoms with Crippen LogP contribution in [0, 0.1) is 28.6 Å². The first-order chi connectivity index (χ1) is 14.3. The van der Waals surface area contributed by atoms with Crippen LogP contribution in [0.3, 0.4) is 0 Å². The average Bonchev–Trinajstić information content (AvgIpc) is 3.05. The van der Waals surface area contributed by atoms with Gasteiger partial charge in [-0.25, -0.2) is 0 Å². The summed E-state index contributed by atoms with van der Waals surface area (Å²) < 4.78 is 5.58. The van der Waals surface area contributed by atoms with Gasteiger partial charge in [-0.1, -0.05) is 43.1 Å². The van der Waals surface area contributed by atoms with Crippen LogP contribution in [-0.2, 0) is 9.53 Å². The van der Waals surface area contributed by atoms with Crippen molar-refractivity contribution in [3.63, 3.8) is 0 Å². The Morgan fingerprint density at radius 2 is 1.90 bits per heavy atom. The van der Waals surface area contributed by atoms with Crippen LogP contribution in [0.4, 0.5) is 0 Å². The van der Waals surface area contributed by atoms with E-state index >= 15 is 0 Å². The van der Waals surface area contributed by atoms with Crippen LogP contribution in [-0.4, -0.2) is 24.9 Å². The van der Waals surface area contributed by atoms with Gasteiger partial charge in [0.2, 0.25) is 0 Å². The summed E-state index contributed by atoms with van der Waals surface area (Å²) in [6.45, 7) is 6.50. The summed E-state index contributed by atoms with van der Waals surface area (Å²) in [5.74, 6) is 2.01. The fraction of sp³-hybridized carbons (Fsp3) is 0.615. The number of aromatic nitrogens is 1. The number of carbonyl (C=O) groups is 1. The molecular weight excluding hydrogens is 369 g/mol. The van der Waals surface area contributed by atoms with E-state index in [1.54, 1.807) is 11.8 Å². The van der Waals surface area contributed by atoms with Crippen LogP contribution in [0.1, 0.15) is 71.3 Å². The molecule has 2 radical (unpaired) electrons. The molecule has 1 aromatic rings. The van der Waals surface area contributed by atoms with Crippen LogP contribution in [0.15, 0.2) is 36.2 Å². The smallest absolute Gasteiger partial charge is 0.302 e. The number of hydrogen-bond acceptors (Lipinski definition) is 3. The van der Waals surface area contributed by atoms with Gasteiger partial charge in [-0.3, -0.25) is 9.78 Å². The molecule has 0 spiro atoms. The van der Waals surface area contributed by atoms with Gasteiger partial charge in [0.05, 0.1) is 0 Å². The molecule has 5 rings (SSSR count).